The van der Waals surface area contributed by atoms with E-state index in [1.807, 2.05) is 6.08 Å². The molecular formula is C5H16O3. The van der Waals surface area contributed by atoms with Crippen molar-refractivity contribution in [2.24, 2.45) is 0 Å². The first-order chi connectivity index (χ1) is 2.41. The first kappa shape index (κ1) is 25.5. The van der Waals surface area contributed by atoms with E-state index in [1.54, 1.807) is 0 Å². The molecule has 0 aliphatic rings. The van der Waals surface area contributed by atoms with Crippen molar-refractivity contribution in [2.75, 3.05) is 0 Å². The Morgan fingerprint density at radius 2 is 1.62 bits per heavy atom. The third kappa shape index (κ3) is 45.7. The molecule has 6 N–H and O–H groups in total. The molecule has 0 unspecified atom stereocenters. The van der Waals surface area contributed by atoms with Gasteiger partial charge >= 0.3 is 0 Å². The minimum atomic E-state index is 0. The van der Waals surface area contributed by atoms with E-state index in [-0.39, 0.29) is 16.4 Å². The summed E-state index contributed by atoms with van der Waals surface area (Å²) in [6.07, 6.45) is 4.31. The van der Waals surface area contributed by atoms with E-state index in [0.717, 1.165) is 6.42 Å². The summed E-state index contributed by atoms with van der Waals surface area (Å²) in [6.45, 7) is 5.69. The Bertz CT molecular complexity index is 28.9. The first-order valence-corrected chi connectivity index (χ1v) is 2.02. The lowest BCUT2D eigenvalue weighted by molar-refractivity contribution is 0.823. The number of allylic oxidation sites excluding steroid dienone is 1. The van der Waals surface area contributed by atoms with Crippen LogP contribution in [0.3, 0.4) is 0 Å². The summed E-state index contributed by atoms with van der Waals surface area (Å²) in [5.41, 5.74) is 0. The fourth-order valence-electron chi connectivity index (χ4n) is 0.204. The molecule has 0 heterocycles. The van der Waals surface area contributed by atoms with E-state index < -0.39 is 0 Å². The maximum atomic E-state index is 3.55. The largest absolute Gasteiger partial charge is 0.412 e. The third-order valence-corrected chi connectivity index (χ3v) is 0.493. The van der Waals surface area contributed by atoms with Gasteiger partial charge in [0.25, 0.3) is 0 Å². The molecule has 54 valence electrons. The van der Waals surface area contributed by atoms with E-state index in [4.69, 9.17) is 0 Å². The first-order valence-electron chi connectivity index (χ1n) is 2.02. The highest BCUT2D eigenvalue weighted by molar-refractivity contribution is 4.63. The molecule has 0 aliphatic heterocycles. The van der Waals surface area contributed by atoms with Gasteiger partial charge in [0.15, 0.2) is 0 Å². The van der Waals surface area contributed by atoms with Crippen molar-refractivity contribution in [3.63, 3.8) is 0 Å². The summed E-state index contributed by atoms with van der Waals surface area (Å²) in [5, 5.41) is 0. The monoisotopic (exact) mass is 124 g/mol. The molecule has 0 fully saturated rings. The Morgan fingerprint density at radius 3 is 1.62 bits per heavy atom. The maximum absolute atomic E-state index is 3.55. The van der Waals surface area contributed by atoms with Crippen molar-refractivity contribution in [1.29, 1.82) is 0 Å². The fourth-order valence-corrected chi connectivity index (χ4v) is 0.204. The topological polar surface area (TPSA) is 94.5 Å². The molecule has 0 atom stereocenters. The van der Waals surface area contributed by atoms with Crippen LogP contribution in [0, 0.1) is 0 Å². The van der Waals surface area contributed by atoms with Crippen molar-refractivity contribution < 1.29 is 16.4 Å². The molecule has 3 nitrogen and oxygen atoms in total. The second kappa shape index (κ2) is 30.5. The van der Waals surface area contributed by atoms with Crippen molar-refractivity contribution in [1.82, 2.24) is 0 Å². The highest BCUT2D eigenvalue weighted by Crippen LogP contribution is 1.82. The Labute approximate surface area is 50.0 Å². The molecule has 0 saturated heterocycles. The number of hydrogen-bond acceptors (Lipinski definition) is 0. The van der Waals surface area contributed by atoms with Crippen LogP contribution in [0.1, 0.15) is 19.8 Å². The molecule has 0 aromatic carbocycles. The SMILES string of the molecule is C=CCCC.O.O.O. The molecule has 0 amide bonds. The number of rotatable bonds is 2. The summed E-state index contributed by atoms with van der Waals surface area (Å²) in [4.78, 5) is 0. The van der Waals surface area contributed by atoms with Gasteiger partial charge in [-0.15, -0.1) is 6.58 Å². The predicted octanol–water partition coefficient (Wildman–Crippen LogP) is -0.502. The fraction of sp³-hybridized carbons (Fsp3) is 0.600. The summed E-state index contributed by atoms with van der Waals surface area (Å²) < 4.78 is 0. The maximum Gasteiger partial charge on any atom is -0.0356 e. The van der Waals surface area contributed by atoms with Crippen molar-refractivity contribution in [3.05, 3.63) is 12.7 Å². The Balaban J connectivity index is -0.0000000267. The molecule has 0 bridgehead atoms. The Hall–Kier alpha value is -0.380. The van der Waals surface area contributed by atoms with Crippen molar-refractivity contribution in [3.8, 4) is 0 Å². The molecule has 0 aromatic rings. The van der Waals surface area contributed by atoms with Crippen LogP contribution >= 0.6 is 0 Å². The minimum Gasteiger partial charge on any atom is -0.412 e. The van der Waals surface area contributed by atoms with Crippen molar-refractivity contribution in [2.45, 2.75) is 19.8 Å². The lowest BCUT2D eigenvalue weighted by atomic mass is 10.3. The zero-order valence-electron chi connectivity index (χ0n) is 5.20. The summed E-state index contributed by atoms with van der Waals surface area (Å²) >= 11 is 0. The molecule has 0 saturated carbocycles. The highest BCUT2D eigenvalue weighted by Gasteiger charge is 1.61. The van der Waals surface area contributed by atoms with Gasteiger partial charge < -0.3 is 16.4 Å². The van der Waals surface area contributed by atoms with Gasteiger partial charge in [-0.1, -0.05) is 19.4 Å². The van der Waals surface area contributed by atoms with Crippen LogP contribution in [0.15, 0.2) is 12.7 Å². The minimum absolute atomic E-state index is 0. The van der Waals surface area contributed by atoms with Gasteiger partial charge in [-0.05, 0) is 6.42 Å². The smallest absolute Gasteiger partial charge is 0.0356 e. The standard InChI is InChI=1S/C5H10.3H2O/c1-3-5-4-2;;;/h3H,1,4-5H2,2H3;3*1H2. The van der Waals surface area contributed by atoms with E-state index in [0.29, 0.717) is 0 Å². The third-order valence-electron chi connectivity index (χ3n) is 0.493. The molecule has 3 heteroatoms. The molecule has 0 aromatic heterocycles. The Kier molecular flexibility index (Phi) is 97.0. The van der Waals surface area contributed by atoms with Gasteiger partial charge in [0.05, 0.1) is 0 Å². The number of hydrogen-bond donors (Lipinski definition) is 0. The quantitative estimate of drug-likeness (QED) is 0.443. The normalized spacial score (nSPS) is 4.62. The van der Waals surface area contributed by atoms with Crippen LogP contribution in [0.25, 0.3) is 0 Å². The van der Waals surface area contributed by atoms with E-state index >= 15 is 0 Å². The molecular weight excluding hydrogens is 108 g/mol. The van der Waals surface area contributed by atoms with Crippen molar-refractivity contribution >= 4 is 0 Å². The zero-order valence-corrected chi connectivity index (χ0v) is 5.20. The lowest BCUT2D eigenvalue weighted by Gasteiger charge is -1.72. The van der Waals surface area contributed by atoms with Gasteiger partial charge in [-0.3, -0.25) is 0 Å². The molecule has 0 aliphatic carbocycles. The summed E-state index contributed by atoms with van der Waals surface area (Å²) in [7, 11) is 0. The van der Waals surface area contributed by atoms with Crippen LogP contribution in [0.5, 0.6) is 0 Å². The lowest BCUT2D eigenvalue weighted by Crippen LogP contribution is -1.52. The van der Waals surface area contributed by atoms with Crippen LogP contribution in [0.4, 0.5) is 0 Å². The average Bonchev–Trinajstić information content (AvgIpc) is 1.41. The van der Waals surface area contributed by atoms with Gasteiger partial charge in [-0.25, -0.2) is 0 Å². The predicted molar refractivity (Wildman–Crippen MR) is 35.9 cm³/mol. The van der Waals surface area contributed by atoms with Gasteiger partial charge in [0.1, 0.15) is 0 Å². The molecule has 0 spiro atoms. The van der Waals surface area contributed by atoms with E-state index in [9.17, 15) is 0 Å². The molecule has 0 rings (SSSR count). The summed E-state index contributed by atoms with van der Waals surface area (Å²) in [5.74, 6) is 0. The van der Waals surface area contributed by atoms with E-state index in [2.05, 4.69) is 13.5 Å². The van der Waals surface area contributed by atoms with Crippen LogP contribution in [0.2, 0.25) is 0 Å². The number of unbranched alkanes of at least 4 members (excludes halogenated alkanes) is 1. The van der Waals surface area contributed by atoms with E-state index in [1.165, 1.54) is 6.42 Å². The van der Waals surface area contributed by atoms with Crippen LogP contribution < -0.4 is 0 Å². The molecule has 8 heavy (non-hydrogen) atoms. The highest BCUT2D eigenvalue weighted by atomic mass is 16.0. The van der Waals surface area contributed by atoms with Gasteiger partial charge in [0, 0.05) is 0 Å². The molecule has 0 radical (unpaired) electrons. The van der Waals surface area contributed by atoms with Crippen LogP contribution in [-0.2, 0) is 0 Å². The van der Waals surface area contributed by atoms with Gasteiger partial charge in [-0.2, -0.15) is 0 Å². The van der Waals surface area contributed by atoms with Gasteiger partial charge in [0.2, 0.25) is 0 Å². The Morgan fingerprint density at radius 1 is 1.25 bits per heavy atom. The van der Waals surface area contributed by atoms with Crippen LogP contribution in [-0.4, -0.2) is 16.4 Å². The zero-order chi connectivity index (χ0) is 4.12. The summed E-state index contributed by atoms with van der Waals surface area (Å²) in [6, 6.07) is 0. The second-order valence-electron chi connectivity index (χ2n) is 1.08. The average molecular weight is 124 g/mol. The second-order valence-corrected chi connectivity index (χ2v) is 1.08.